The maximum absolute atomic E-state index is 12.7. The molecule has 1 amide bonds. The van der Waals surface area contributed by atoms with E-state index in [1.807, 2.05) is 6.92 Å². The van der Waals surface area contributed by atoms with Crippen LogP contribution in [0.15, 0.2) is 29.8 Å². The molecule has 0 unspecified atom stereocenters. The van der Waals surface area contributed by atoms with Gasteiger partial charge >= 0.3 is 0 Å². The quantitative estimate of drug-likeness (QED) is 0.747. The summed E-state index contributed by atoms with van der Waals surface area (Å²) in [7, 11) is -3.46. The van der Waals surface area contributed by atoms with Crippen molar-refractivity contribution in [3.63, 3.8) is 0 Å². The highest BCUT2D eigenvalue weighted by Crippen LogP contribution is 2.32. The third kappa shape index (κ3) is 4.65. The van der Waals surface area contributed by atoms with E-state index in [0.29, 0.717) is 25.2 Å². The Balaban J connectivity index is 1.76. The molecule has 0 aromatic carbocycles. The second-order valence-electron chi connectivity index (χ2n) is 6.92. The number of pyridine rings is 1. The highest BCUT2D eigenvalue weighted by molar-refractivity contribution is 7.90. The first kappa shape index (κ1) is 19.8. The van der Waals surface area contributed by atoms with E-state index >= 15 is 0 Å². The van der Waals surface area contributed by atoms with Crippen molar-refractivity contribution in [1.82, 2.24) is 24.6 Å². The molecule has 1 fully saturated rings. The van der Waals surface area contributed by atoms with Crippen molar-refractivity contribution < 1.29 is 13.2 Å². The normalized spacial score (nSPS) is 19.1. The van der Waals surface area contributed by atoms with Gasteiger partial charge in [0.15, 0.2) is 9.84 Å². The molecule has 1 aliphatic rings. The van der Waals surface area contributed by atoms with E-state index in [0.717, 1.165) is 19.1 Å². The Morgan fingerprint density at radius 2 is 2.22 bits per heavy atom. The lowest BCUT2D eigenvalue weighted by molar-refractivity contribution is -0.133. The molecule has 0 spiro atoms. The molecule has 10 heteroatoms. The van der Waals surface area contributed by atoms with Gasteiger partial charge < -0.3 is 4.90 Å². The first-order valence-electron chi connectivity index (χ1n) is 8.73. The number of carbonyl (C=O) groups excluding carboxylic acids is 1. The molecule has 27 heavy (non-hydrogen) atoms. The minimum atomic E-state index is -3.46. The molecule has 3 rings (SSSR count). The van der Waals surface area contributed by atoms with Gasteiger partial charge in [0.2, 0.25) is 5.91 Å². The van der Waals surface area contributed by atoms with Gasteiger partial charge in [0.1, 0.15) is 12.7 Å². The zero-order valence-electron chi connectivity index (χ0n) is 15.2. The lowest BCUT2D eigenvalue weighted by Crippen LogP contribution is -2.40. The summed E-state index contributed by atoms with van der Waals surface area (Å²) >= 11 is 5.94. The van der Waals surface area contributed by atoms with Crippen LogP contribution in [0.4, 0.5) is 0 Å². The molecule has 2 aromatic rings. The van der Waals surface area contributed by atoms with Crippen LogP contribution in [0.3, 0.4) is 0 Å². The Kier molecular flexibility index (Phi) is 5.81. The first-order chi connectivity index (χ1) is 12.8. The predicted octanol–water partition coefficient (Wildman–Crippen LogP) is 2.09. The van der Waals surface area contributed by atoms with Crippen LogP contribution in [-0.2, 0) is 14.6 Å². The van der Waals surface area contributed by atoms with Crippen LogP contribution in [-0.4, -0.2) is 58.3 Å². The fourth-order valence-electron chi connectivity index (χ4n) is 3.38. The molecule has 2 atom stereocenters. The van der Waals surface area contributed by atoms with E-state index in [9.17, 15) is 13.2 Å². The van der Waals surface area contributed by atoms with Crippen molar-refractivity contribution in [2.75, 3.05) is 19.3 Å². The summed E-state index contributed by atoms with van der Waals surface area (Å²) < 4.78 is 25.9. The fourth-order valence-corrected chi connectivity index (χ4v) is 4.54. The van der Waals surface area contributed by atoms with Crippen LogP contribution in [0, 0.1) is 0 Å². The third-order valence-corrected chi connectivity index (χ3v) is 6.10. The molecular formula is C17H22ClN5O3S. The number of aromatic nitrogens is 4. The molecule has 3 heterocycles. The van der Waals surface area contributed by atoms with Crippen LogP contribution >= 0.6 is 11.6 Å². The summed E-state index contributed by atoms with van der Waals surface area (Å²) in [5, 5.41) is 4.35. The van der Waals surface area contributed by atoms with Crippen LogP contribution in [0.25, 0.3) is 0 Å². The van der Waals surface area contributed by atoms with Crippen molar-refractivity contribution in [3.8, 4) is 0 Å². The number of hydrogen-bond acceptors (Lipinski definition) is 6. The van der Waals surface area contributed by atoms with E-state index in [1.54, 1.807) is 15.9 Å². The number of halogens is 1. The fraction of sp³-hybridized carbons (Fsp3) is 0.529. The van der Waals surface area contributed by atoms with Crippen molar-refractivity contribution >= 4 is 27.3 Å². The first-order valence-corrected chi connectivity index (χ1v) is 11.0. The second-order valence-corrected chi connectivity index (χ2v) is 9.34. The third-order valence-electron chi connectivity index (χ3n) is 4.77. The Labute approximate surface area is 163 Å². The molecule has 1 aliphatic heterocycles. The smallest absolute Gasteiger partial charge is 0.224 e. The molecule has 2 aromatic heterocycles. The number of nitrogens with zero attached hydrogens (tertiary/aromatic N) is 5. The number of piperidine rings is 1. The maximum Gasteiger partial charge on any atom is 0.224 e. The van der Waals surface area contributed by atoms with E-state index in [1.165, 1.54) is 18.6 Å². The molecule has 0 aliphatic carbocycles. The highest BCUT2D eigenvalue weighted by Gasteiger charge is 2.30. The molecule has 8 nitrogen and oxygen atoms in total. The van der Waals surface area contributed by atoms with E-state index in [2.05, 4.69) is 15.1 Å². The van der Waals surface area contributed by atoms with E-state index in [-0.39, 0.29) is 27.8 Å². The standard InChI is InChI=1S/C17H22ClN5O3S/c1-12(23-11-19-10-21-23)6-16(24)22-5-3-4-13(9-22)17-15(27(2,25)26)7-14(18)8-20-17/h7-8,10-13H,3-6,9H2,1-2H3/t12-,13+/m1/s1. The van der Waals surface area contributed by atoms with Gasteiger partial charge in [0.05, 0.1) is 21.7 Å². The second kappa shape index (κ2) is 7.93. The summed E-state index contributed by atoms with van der Waals surface area (Å²) in [6.45, 7) is 3.01. The van der Waals surface area contributed by atoms with Crippen LogP contribution < -0.4 is 0 Å². The van der Waals surface area contributed by atoms with Gasteiger partial charge in [0, 0.05) is 37.9 Å². The van der Waals surface area contributed by atoms with Crippen molar-refractivity contribution in [2.24, 2.45) is 0 Å². The maximum atomic E-state index is 12.7. The summed E-state index contributed by atoms with van der Waals surface area (Å²) in [4.78, 5) is 22.8. The zero-order chi connectivity index (χ0) is 19.6. The average molecular weight is 412 g/mol. The number of rotatable bonds is 5. The van der Waals surface area contributed by atoms with Crippen LogP contribution in [0.1, 0.15) is 43.8 Å². The summed E-state index contributed by atoms with van der Waals surface area (Å²) in [6, 6.07) is 1.34. The molecule has 0 N–H and O–H groups in total. The van der Waals surface area contributed by atoms with Crippen molar-refractivity contribution in [1.29, 1.82) is 0 Å². The van der Waals surface area contributed by atoms with Gasteiger partial charge in [-0.25, -0.2) is 18.1 Å². The van der Waals surface area contributed by atoms with Gasteiger partial charge in [-0.15, -0.1) is 0 Å². The zero-order valence-corrected chi connectivity index (χ0v) is 16.8. The summed E-state index contributed by atoms with van der Waals surface area (Å²) in [5.41, 5.74) is 0.490. The number of hydrogen-bond donors (Lipinski definition) is 0. The lowest BCUT2D eigenvalue weighted by atomic mass is 9.93. The Hall–Kier alpha value is -2.00. The predicted molar refractivity (Wildman–Crippen MR) is 100 cm³/mol. The molecule has 0 saturated carbocycles. The van der Waals surface area contributed by atoms with Gasteiger partial charge in [-0.3, -0.25) is 9.78 Å². The minimum Gasteiger partial charge on any atom is -0.342 e. The molecule has 1 saturated heterocycles. The molecule has 0 bridgehead atoms. The lowest BCUT2D eigenvalue weighted by Gasteiger charge is -2.33. The van der Waals surface area contributed by atoms with E-state index in [4.69, 9.17) is 11.6 Å². The van der Waals surface area contributed by atoms with E-state index < -0.39 is 9.84 Å². The topological polar surface area (TPSA) is 98.1 Å². The highest BCUT2D eigenvalue weighted by atomic mass is 35.5. The van der Waals surface area contributed by atoms with Crippen LogP contribution in [0.5, 0.6) is 0 Å². The summed E-state index contributed by atoms with van der Waals surface area (Å²) in [5.74, 6) is -0.121. The monoisotopic (exact) mass is 411 g/mol. The van der Waals surface area contributed by atoms with Gasteiger partial charge in [-0.05, 0) is 25.8 Å². The van der Waals surface area contributed by atoms with Gasteiger partial charge in [0.25, 0.3) is 0 Å². The number of likely N-dealkylation sites (tertiary alicyclic amines) is 1. The van der Waals surface area contributed by atoms with Gasteiger partial charge in [-0.2, -0.15) is 5.10 Å². The Morgan fingerprint density at radius 1 is 1.44 bits per heavy atom. The molecule has 146 valence electrons. The largest absolute Gasteiger partial charge is 0.342 e. The minimum absolute atomic E-state index is 0.0116. The summed E-state index contributed by atoms with van der Waals surface area (Å²) in [6.07, 6.45) is 7.52. The van der Waals surface area contributed by atoms with Crippen molar-refractivity contribution in [2.45, 2.75) is 43.0 Å². The van der Waals surface area contributed by atoms with Gasteiger partial charge in [-0.1, -0.05) is 11.6 Å². The van der Waals surface area contributed by atoms with Crippen LogP contribution in [0.2, 0.25) is 5.02 Å². The Morgan fingerprint density at radius 3 is 2.89 bits per heavy atom. The number of carbonyl (C=O) groups is 1. The molecular weight excluding hydrogens is 390 g/mol. The average Bonchev–Trinajstić information content (AvgIpc) is 3.16. The number of sulfone groups is 1. The number of amides is 1. The Bertz CT molecular complexity index is 917. The SMILES string of the molecule is C[C@H](CC(=O)N1CCC[C@H](c2ncc(Cl)cc2S(C)(=O)=O)C1)n1cncn1. The molecule has 0 radical (unpaired) electrons. The van der Waals surface area contributed by atoms with Crippen molar-refractivity contribution in [3.05, 3.63) is 35.6 Å².